The van der Waals surface area contributed by atoms with E-state index in [1.165, 1.54) is 17.0 Å². The predicted octanol–water partition coefficient (Wildman–Crippen LogP) is 2.44. The van der Waals surface area contributed by atoms with E-state index in [4.69, 9.17) is 0 Å². The van der Waals surface area contributed by atoms with Crippen molar-refractivity contribution >= 4 is 17.3 Å². The Kier molecular flexibility index (Phi) is 4.02. The number of fused-ring (bicyclic) bond motifs is 1. The Morgan fingerprint density at radius 3 is 2.83 bits per heavy atom. The average Bonchev–Trinajstić information content (AvgIpc) is 2.95. The standard InChI is InChI=1S/C16H20FN5O/c1-10(2)16-18-14(19-20-16)9-22-7-6-15(23)21(3)13-8-11(17)4-5-12(13)22/h4-5,8,10H,6-7,9H2,1-3H3,(H,18,19,20). The largest absolute Gasteiger partial charge is 0.362 e. The van der Waals surface area contributed by atoms with E-state index < -0.39 is 0 Å². The minimum absolute atomic E-state index is 0.0280. The molecule has 1 aliphatic heterocycles. The summed E-state index contributed by atoms with van der Waals surface area (Å²) in [6.45, 7) is 5.12. The Hall–Kier alpha value is -2.44. The minimum atomic E-state index is -0.355. The Morgan fingerprint density at radius 2 is 2.13 bits per heavy atom. The molecule has 1 aromatic carbocycles. The molecule has 0 saturated carbocycles. The summed E-state index contributed by atoms with van der Waals surface area (Å²) >= 11 is 0. The van der Waals surface area contributed by atoms with Gasteiger partial charge in [0.2, 0.25) is 5.91 Å². The van der Waals surface area contributed by atoms with Crippen LogP contribution in [-0.2, 0) is 11.3 Å². The summed E-state index contributed by atoms with van der Waals surface area (Å²) in [5.74, 6) is 1.37. The van der Waals surface area contributed by atoms with Gasteiger partial charge in [0.25, 0.3) is 0 Å². The van der Waals surface area contributed by atoms with Crippen LogP contribution in [0.2, 0.25) is 0 Å². The lowest BCUT2D eigenvalue weighted by Crippen LogP contribution is -2.26. The third-order valence-electron chi connectivity index (χ3n) is 4.02. The molecule has 3 rings (SSSR count). The highest BCUT2D eigenvalue weighted by Gasteiger charge is 2.25. The van der Waals surface area contributed by atoms with Crippen molar-refractivity contribution in [2.24, 2.45) is 0 Å². The van der Waals surface area contributed by atoms with Gasteiger partial charge in [-0.2, -0.15) is 5.10 Å². The summed E-state index contributed by atoms with van der Waals surface area (Å²) in [6, 6.07) is 4.51. The first-order chi connectivity index (χ1) is 11.0. The molecule has 1 N–H and O–H groups in total. The highest BCUT2D eigenvalue weighted by molar-refractivity contribution is 5.98. The van der Waals surface area contributed by atoms with Crippen molar-refractivity contribution in [2.45, 2.75) is 32.7 Å². The van der Waals surface area contributed by atoms with Crippen LogP contribution in [0.3, 0.4) is 0 Å². The number of aromatic nitrogens is 3. The van der Waals surface area contributed by atoms with E-state index in [-0.39, 0.29) is 17.6 Å². The van der Waals surface area contributed by atoms with Gasteiger partial charge in [-0.25, -0.2) is 9.37 Å². The molecule has 0 spiro atoms. The third kappa shape index (κ3) is 3.04. The second-order valence-electron chi connectivity index (χ2n) is 6.05. The van der Waals surface area contributed by atoms with Gasteiger partial charge in [-0.1, -0.05) is 13.8 Å². The summed E-state index contributed by atoms with van der Waals surface area (Å²) in [6.07, 6.45) is 0.373. The van der Waals surface area contributed by atoms with E-state index in [1.807, 2.05) is 18.7 Å². The molecule has 0 fully saturated rings. The van der Waals surface area contributed by atoms with Crippen LogP contribution in [0.25, 0.3) is 0 Å². The molecule has 122 valence electrons. The smallest absolute Gasteiger partial charge is 0.228 e. The van der Waals surface area contributed by atoms with Crippen molar-refractivity contribution in [3.8, 4) is 0 Å². The summed E-state index contributed by atoms with van der Waals surface area (Å²) in [7, 11) is 1.68. The van der Waals surface area contributed by atoms with Gasteiger partial charge < -0.3 is 9.80 Å². The number of carbonyl (C=O) groups excluding carboxylic acids is 1. The lowest BCUT2D eigenvalue weighted by molar-refractivity contribution is -0.118. The van der Waals surface area contributed by atoms with Crippen LogP contribution >= 0.6 is 0 Å². The third-order valence-corrected chi connectivity index (χ3v) is 4.02. The summed E-state index contributed by atoms with van der Waals surface area (Å²) in [4.78, 5) is 20.1. The second kappa shape index (κ2) is 5.98. The summed E-state index contributed by atoms with van der Waals surface area (Å²) < 4.78 is 13.6. The normalized spacial score (nSPS) is 15.1. The van der Waals surface area contributed by atoms with Gasteiger partial charge >= 0.3 is 0 Å². The molecule has 6 nitrogen and oxygen atoms in total. The lowest BCUT2D eigenvalue weighted by atomic mass is 10.2. The quantitative estimate of drug-likeness (QED) is 0.944. The zero-order chi connectivity index (χ0) is 16.6. The monoisotopic (exact) mass is 317 g/mol. The van der Waals surface area contributed by atoms with E-state index >= 15 is 0 Å². The van der Waals surface area contributed by atoms with Crippen LogP contribution < -0.4 is 9.80 Å². The van der Waals surface area contributed by atoms with Crippen LogP contribution in [-0.4, -0.2) is 34.7 Å². The number of rotatable bonds is 3. The molecular weight excluding hydrogens is 297 g/mol. The summed E-state index contributed by atoms with van der Waals surface area (Å²) in [5.41, 5.74) is 1.40. The highest BCUT2D eigenvalue weighted by atomic mass is 19.1. The molecule has 1 aromatic heterocycles. The average molecular weight is 317 g/mol. The Bertz CT molecular complexity index is 727. The molecule has 0 bridgehead atoms. The number of halogens is 1. The zero-order valence-corrected chi connectivity index (χ0v) is 13.5. The van der Waals surface area contributed by atoms with Crippen molar-refractivity contribution < 1.29 is 9.18 Å². The molecule has 0 saturated heterocycles. The summed E-state index contributed by atoms with van der Waals surface area (Å²) in [5, 5.41) is 7.15. The van der Waals surface area contributed by atoms with Gasteiger partial charge in [-0.15, -0.1) is 0 Å². The SMILES string of the molecule is CC(C)c1n[nH]c(CN2CCC(=O)N(C)c3cc(F)ccc32)n1. The topological polar surface area (TPSA) is 65.1 Å². The first kappa shape index (κ1) is 15.5. The second-order valence-corrected chi connectivity index (χ2v) is 6.05. The van der Waals surface area contributed by atoms with Gasteiger partial charge in [-0.05, 0) is 18.2 Å². The fourth-order valence-corrected chi connectivity index (χ4v) is 2.67. The number of H-pyrrole nitrogens is 1. The van der Waals surface area contributed by atoms with E-state index in [1.54, 1.807) is 13.1 Å². The van der Waals surface area contributed by atoms with Crippen molar-refractivity contribution in [1.82, 2.24) is 15.2 Å². The number of nitrogens with one attached hydrogen (secondary N) is 1. The van der Waals surface area contributed by atoms with Gasteiger partial charge in [0.15, 0.2) is 5.82 Å². The van der Waals surface area contributed by atoms with Crippen LogP contribution in [0.1, 0.15) is 37.8 Å². The maximum atomic E-state index is 13.6. The molecule has 0 aliphatic carbocycles. The molecule has 23 heavy (non-hydrogen) atoms. The first-order valence-corrected chi connectivity index (χ1v) is 7.68. The number of anilines is 2. The number of nitrogens with zero attached hydrogens (tertiary/aromatic N) is 4. The number of hydrogen-bond acceptors (Lipinski definition) is 4. The predicted molar refractivity (Wildman–Crippen MR) is 85.9 cm³/mol. The number of carbonyl (C=O) groups is 1. The van der Waals surface area contributed by atoms with Crippen molar-refractivity contribution in [3.05, 3.63) is 35.7 Å². The molecule has 2 heterocycles. The fourth-order valence-electron chi connectivity index (χ4n) is 2.67. The molecular formula is C16H20FN5O. The maximum Gasteiger partial charge on any atom is 0.228 e. The molecule has 2 aromatic rings. The zero-order valence-electron chi connectivity index (χ0n) is 13.5. The maximum absolute atomic E-state index is 13.6. The number of benzene rings is 1. The van der Waals surface area contributed by atoms with Crippen LogP contribution in [0, 0.1) is 5.82 Å². The number of amides is 1. The first-order valence-electron chi connectivity index (χ1n) is 7.68. The van der Waals surface area contributed by atoms with E-state index in [0.29, 0.717) is 25.2 Å². The lowest BCUT2D eigenvalue weighted by Gasteiger charge is -2.24. The highest BCUT2D eigenvalue weighted by Crippen LogP contribution is 2.33. The van der Waals surface area contributed by atoms with Gasteiger partial charge in [0.1, 0.15) is 11.6 Å². The van der Waals surface area contributed by atoms with Gasteiger partial charge in [0.05, 0.1) is 17.9 Å². The number of aromatic amines is 1. The Labute approximate surface area is 134 Å². The van der Waals surface area contributed by atoms with Crippen LogP contribution in [0.15, 0.2) is 18.2 Å². The van der Waals surface area contributed by atoms with Gasteiger partial charge in [-0.3, -0.25) is 9.89 Å². The molecule has 1 aliphatic rings. The Balaban J connectivity index is 1.92. The molecule has 0 radical (unpaired) electrons. The molecule has 1 amide bonds. The van der Waals surface area contributed by atoms with Crippen LogP contribution in [0.4, 0.5) is 15.8 Å². The van der Waals surface area contributed by atoms with Crippen LogP contribution in [0.5, 0.6) is 0 Å². The molecule has 0 atom stereocenters. The Morgan fingerprint density at radius 1 is 1.35 bits per heavy atom. The fraction of sp³-hybridized carbons (Fsp3) is 0.438. The van der Waals surface area contributed by atoms with Crippen molar-refractivity contribution in [2.75, 3.05) is 23.4 Å². The molecule has 7 heteroatoms. The molecule has 0 unspecified atom stereocenters. The van der Waals surface area contributed by atoms with E-state index in [0.717, 1.165) is 17.3 Å². The van der Waals surface area contributed by atoms with Gasteiger partial charge in [0, 0.05) is 25.9 Å². The van der Waals surface area contributed by atoms with Crippen molar-refractivity contribution in [1.29, 1.82) is 0 Å². The van der Waals surface area contributed by atoms with E-state index in [2.05, 4.69) is 15.2 Å². The van der Waals surface area contributed by atoms with Crippen molar-refractivity contribution in [3.63, 3.8) is 0 Å². The number of hydrogen-bond donors (Lipinski definition) is 1. The minimum Gasteiger partial charge on any atom is -0.362 e. The van der Waals surface area contributed by atoms with E-state index in [9.17, 15) is 9.18 Å².